The van der Waals surface area contributed by atoms with Crippen molar-refractivity contribution >= 4 is 52.2 Å². The number of carbonyl (C=O) groups excluding carboxylic acids is 2. The number of amides is 2. The van der Waals surface area contributed by atoms with E-state index in [-0.39, 0.29) is 18.2 Å². The molecule has 0 spiro atoms. The van der Waals surface area contributed by atoms with Gasteiger partial charge in [0.25, 0.3) is 0 Å². The number of nitrogens with zero attached hydrogens (tertiary/aromatic N) is 2. The van der Waals surface area contributed by atoms with E-state index in [0.717, 1.165) is 11.8 Å². The number of benzene rings is 2. The molecule has 0 bridgehead atoms. The van der Waals surface area contributed by atoms with Crippen LogP contribution < -0.4 is 20.1 Å². The number of anilines is 1. The average molecular weight is 447 g/mol. The van der Waals surface area contributed by atoms with Gasteiger partial charge >= 0.3 is 0 Å². The van der Waals surface area contributed by atoms with Crippen LogP contribution in [0.4, 0.5) is 5.69 Å². The van der Waals surface area contributed by atoms with E-state index in [0.29, 0.717) is 32.9 Å². The Balaban J connectivity index is 1.60. The maximum absolute atomic E-state index is 12.2. The van der Waals surface area contributed by atoms with Crippen LogP contribution >= 0.6 is 23.4 Å². The molecule has 1 aliphatic heterocycles. The Kier molecular flexibility index (Phi) is 7.31. The van der Waals surface area contributed by atoms with E-state index >= 15 is 0 Å². The van der Waals surface area contributed by atoms with E-state index in [2.05, 4.69) is 20.8 Å². The van der Waals surface area contributed by atoms with Crippen LogP contribution in [0.5, 0.6) is 11.5 Å². The number of hydrogen-bond acceptors (Lipinski definition) is 7. The molecule has 1 aliphatic rings. The van der Waals surface area contributed by atoms with Gasteiger partial charge in [0, 0.05) is 17.7 Å². The lowest BCUT2D eigenvalue weighted by atomic mass is 10.2. The molecule has 0 aromatic heterocycles. The Morgan fingerprint density at radius 1 is 1.27 bits per heavy atom. The van der Waals surface area contributed by atoms with Crippen molar-refractivity contribution in [3.05, 3.63) is 53.1 Å². The number of ether oxygens (including phenoxy) is 2. The molecule has 2 amide bonds. The maximum atomic E-state index is 12.2. The first-order valence-electron chi connectivity index (χ1n) is 8.85. The molecule has 2 aromatic carbocycles. The van der Waals surface area contributed by atoms with Crippen LogP contribution in [-0.2, 0) is 9.59 Å². The van der Waals surface area contributed by atoms with Gasteiger partial charge in [0.15, 0.2) is 16.7 Å². The SMILES string of the molecule is COc1cc(C=N/N=C2\NC(=O)C(CC(=O)Nc3ccccc3)S2)cc(Cl)c1OC. The van der Waals surface area contributed by atoms with Gasteiger partial charge in [-0.05, 0) is 24.3 Å². The second kappa shape index (κ2) is 10.1. The monoisotopic (exact) mass is 446 g/mol. The summed E-state index contributed by atoms with van der Waals surface area (Å²) in [7, 11) is 3.01. The van der Waals surface area contributed by atoms with Gasteiger partial charge in [-0.2, -0.15) is 5.10 Å². The number of rotatable bonds is 7. The fraction of sp³-hybridized carbons (Fsp3) is 0.200. The molecule has 30 heavy (non-hydrogen) atoms. The summed E-state index contributed by atoms with van der Waals surface area (Å²) in [5.41, 5.74) is 1.33. The molecule has 0 saturated carbocycles. The smallest absolute Gasteiger partial charge is 0.240 e. The quantitative estimate of drug-likeness (QED) is 0.502. The predicted molar refractivity (Wildman–Crippen MR) is 119 cm³/mol. The number of amidine groups is 1. The minimum absolute atomic E-state index is 0.0272. The summed E-state index contributed by atoms with van der Waals surface area (Å²) in [5.74, 6) is 0.356. The van der Waals surface area contributed by atoms with Crippen LogP contribution in [0.25, 0.3) is 0 Å². The normalized spacial score (nSPS) is 17.2. The van der Waals surface area contributed by atoms with Crippen molar-refractivity contribution in [1.82, 2.24) is 5.32 Å². The topological polar surface area (TPSA) is 101 Å². The second-order valence-electron chi connectivity index (χ2n) is 6.10. The molecule has 3 rings (SSSR count). The number of para-hydroxylation sites is 1. The number of methoxy groups -OCH3 is 2. The van der Waals surface area contributed by atoms with Crippen LogP contribution in [0.1, 0.15) is 12.0 Å². The predicted octanol–water partition coefficient (Wildman–Crippen LogP) is 3.31. The van der Waals surface area contributed by atoms with Crippen LogP contribution in [0.3, 0.4) is 0 Å². The zero-order chi connectivity index (χ0) is 21.5. The lowest BCUT2D eigenvalue weighted by Crippen LogP contribution is -2.28. The van der Waals surface area contributed by atoms with Crippen LogP contribution in [0, 0.1) is 0 Å². The van der Waals surface area contributed by atoms with Gasteiger partial charge < -0.3 is 20.1 Å². The largest absolute Gasteiger partial charge is 0.493 e. The molecule has 2 aromatic rings. The van der Waals surface area contributed by atoms with Gasteiger partial charge in [0.2, 0.25) is 11.8 Å². The number of carbonyl (C=O) groups is 2. The highest BCUT2D eigenvalue weighted by atomic mass is 35.5. The van der Waals surface area contributed by atoms with Crippen LogP contribution in [0.2, 0.25) is 5.02 Å². The number of hydrogen-bond donors (Lipinski definition) is 2. The molecule has 1 fully saturated rings. The third kappa shape index (κ3) is 5.52. The highest BCUT2D eigenvalue weighted by Gasteiger charge is 2.32. The molecule has 0 radical (unpaired) electrons. The summed E-state index contributed by atoms with van der Waals surface area (Å²) in [4.78, 5) is 24.3. The zero-order valence-electron chi connectivity index (χ0n) is 16.2. The Labute approximate surface area is 182 Å². The Hall–Kier alpha value is -3.04. The van der Waals surface area contributed by atoms with Crippen molar-refractivity contribution < 1.29 is 19.1 Å². The van der Waals surface area contributed by atoms with Gasteiger partial charge in [-0.15, -0.1) is 5.10 Å². The summed E-state index contributed by atoms with van der Waals surface area (Å²) < 4.78 is 10.4. The van der Waals surface area contributed by atoms with E-state index in [1.165, 1.54) is 20.4 Å². The minimum atomic E-state index is -0.571. The highest BCUT2D eigenvalue weighted by molar-refractivity contribution is 8.15. The fourth-order valence-electron chi connectivity index (χ4n) is 2.65. The Bertz CT molecular complexity index is 998. The van der Waals surface area contributed by atoms with Gasteiger partial charge in [-0.1, -0.05) is 41.6 Å². The van der Waals surface area contributed by atoms with Crippen molar-refractivity contribution in [3.8, 4) is 11.5 Å². The molecule has 0 aliphatic carbocycles. The molecule has 1 saturated heterocycles. The van der Waals surface area contributed by atoms with Crippen molar-refractivity contribution in [3.63, 3.8) is 0 Å². The average Bonchev–Trinajstić information content (AvgIpc) is 3.07. The summed E-state index contributed by atoms with van der Waals surface area (Å²) in [6.07, 6.45) is 1.50. The molecule has 8 nitrogen and oxygen atoms in total. The summed E-state index contributed by atoms with van der Waals surface area (Å²) in [5, 5.41) is 13.5. The van der Waals surface area contributed by atoms with E-state index in [4.69, 9.17) is 21.1 Å². The first-order valence-corrected chi connectivity index (χ1v) is 10.1. The third-order valence-electron chi connectivity index (χ3n) is 4.02. The molecule has 2 N–H and O–H groups in total. The van der Waals surface area contributed by atoms with Crippen molar-refractivity contribution in [2.75, 3.05) is 19.5 Å². The second-order valence-corrected chi connectivity index (χ2v) is 7.70. The molecule has 156 valence electrons. The number of thioether (sulfide) groups is 1. The first-order chi connectivity index (χ1) is 14.5. The number of halogens is 1. The van der Waals surface area contributed by atoms with E-state index in [1.807, 2.05) is 18.2 Å². The van der Waals surface area contributed by atoms with E-state index < -0.39 is 5.25 Å². The van der Waals surface area contributed by atoms with Crippen molar-refractivity contribution in [2.24, 2.45) is 10.2 Å². The first kappa shape index (κ1) is 21.7. The van der Waals surface area contributed by atoms with Crippen molar-refractivity contribution in [1.29, 1.82) is 0 Å². The van der Waals surface area contributed by atoms with Crippen LogP contribution in [0.15, 0.2) is 52.7 Å². The molecule has 1 unspecified atom stereocenters. The van der Waals surface area contributed by atoms with E-state index in [1.54, 1.807) is 24.3 Å². The van der Waals surface area contributed by atoms with E-state index in [9.17, 15) is 9.59 Å². The zero-order valence-corrected chi connectivity index (χ0v) is 17.8. The summed E-state index contributed by atoms with van der Waals surface area (Å²) in [6.45, 7) is 0. The summed E-state index contributed by atoms with van der Waals surface area (Å²) in [6, 6.07) is 12.4. The maximum Gasteiger partial charge on any atom is 0.240 e. The van der Waals surface area contributed by atoms with Crippen molar-refractivity contribution in [2.45, 2.75) is 11.7 Å². The van der Waals surface area contributed by atoms with Gasteiger partial charge in [-0.25, -0.2) is 0 Å². The summed E-state index contributed by atoms with van der Waals surface area (Å²) >= 11 is 7.32. The molecular weight excluding hydrogens is 428 g/mol. The Morgan fingerprint density at radius 3 is 2.73 bits per heavy atom. The number of nitrogens with one attached hydrogen (secondary N) is 2. The lowest BCUT2D eigenvalue weighted by molar-refractivity contribution is -0.122. The van der Waals surface area contributed by atoms with Gasteiger partial charge in [0.05, 0.1) is 25.5 Å². The Morgan fingerprint density at radius 2 is 2.03 bits per heavy atom. The molecular formula is C20H19ClN4O4S. The van der Waals surface area contributed by atoms with Gasteiger partial charge in [-0.3, -0.25) is 9.59 Å². The molecule has 1 heterocycles. The third-order valence-corrected chi connectivity index (χ3v) is 5.37. The molecule has 1 atom stereocenters. The molecule has 10 heteroatoms. The highest BCUT2D eigenvalue weighted by Crippen LogP contribution is 2.35. The standard InChI is InChI=1S/C20H19ClN4O4S/c1-28-15-9-12(8-14(21)18(15)29-2)11-22-25-20-24-19(27)16(30-20)10-17(26)23-13-6-4-3-5-7-13/h3-9,11,16H,10H2,1-2H3,(H,23,26)(H,24,25,27). The lowest BCUT2D eigenvalue weighted by Gasteiger charge is -2.09. The van der Waals surface area contributed by atoms with Gasteiger partial charge in [0.1, 0.15) is 5.25 Å². The minimum Gasteiger partial charge on any atom is -0.493 e. The fourth-order valence-corrected chi connectivity index (χ4v) is 3.87. The van der Waals surface area contributed by atoms with Crippen LogP contribution in [-0.4, -0.2) is 42.7 Å².